The smallest absolute Gasteiger partial charge is 0.137 e. The maximum absolute atomic E-state index is 6.07. The third kappa shape index (κ3) is 3.35. The highest BCUT2D eigenvalue weighted by atomic mass is 35.5. The zero-order valence-corrected chi connectivity index (χ0v) is 12.2. The molecule has 1 aliphatic rings. The van der Waals surface area contributed by atoms with Crippen molar-refractivity contribution in [3.05, 3.63) is 16.5 Å². The molecule has 100 valence electrons. The molecule has 0 saturated heterocycles. The number of anilines is 1. The fourth-order valence-electron chi connectivity index (χ4n) is 2.75. The lowest BCUT2D eigenvalue weighted by molar-refractivity contribution is 0.293. The first-order valence-electron chi connectivity index (χ1n) is 6.81. The molecule has 1 aromatic heterocycles. The molecular formula is C14H22ClN3. The van der Waals surface area contributed by atoms with E-state index in [1.165, 1.54) is 25.7 Å². The third-order valence-corrected chi connectivity index (χ3v) is 4.17. The molecule has 0 aliphatic heterocycles. The van der Waals surface area contributed by atoms with Crippen molar-refractivity contribution >= 4 is 17.4 Å². The molecule has 0 amide bonds. The number of aromatic nitrogens is 2. The lowest BCUT2D eigenvalue weighted by atomic mass is 9.82. The Morgan fingerprint density at radius 3 is 2.78 bits per heavy atom. The van der Waals surface area contributed by atoms with Crippen LogP contribution in [0, 0.1) is 25.7 Å². The van der Waals surface area contributed by atoms with Crippen molar-refractivity contribution in [3.8, 4) is 0 Å². The standard InChI is InChI=1S/C14H22ClN3/c1-9-5-4-6-12(7-9)8-16-14-10(2)13(15)17-11(3)18-14/h9,12H,4-8H2,1-3H3,(H,16,17,18). The van der Waals surface area contributed by atoms with Crippen molar-refractivity contribution < 1.29 is 0 Å². The SMILES string of the molecule is Cc1nc(Cl)c(C)c(NCC2CCCC(C)C2)n1. The molecule has 0 aromatic carbocycles. The van der Waals surface area contributed by atoms with Gasteiger partial charge in [-0.1, -0.05) is 31.4 Å². The summed E-state index contributed by atoms with van der Waals surface area (Å²) in [5.74, 6) is 3.25. The van der Waals surface area contributed by atoms with E-state index in [0.717, 1.165) is 35.6 Å². The van der Waals surface area contributed by atoms with Gasteiger partial charge in [0, 0.05) is 12.1 Å². The van der Waals surface area contributed by atoms with Crippen LogP contribution in [0.1, 0.15) is 44.0 Å². The van der Waals surface area contributed by atoms with Gasteiger partial charge >= 0.3 is 0 Å². The number of nitrogens with one attached hydrogen (secondary N) is 1. The lowest BCUT2D eigenvalue weighted by Gasteiger charge is -2.27. The van der Waals surface area contributed by atoms with Crippen molar-refractivity contribution in [2.45, 2.75) is 46.5 Å². The largest absolute Gasteiger partial charge is 0.369 e. The Balaban J connectivity index is 1.97. The fraction of sp³-hybridized carbons (Fsp3) is 0.714. The van der Waals surface area contributed by atoms with Gasteiger partial charge in [0.05, 0.1) is 0 Å². The van der Waals surface area contributed by atoms with Crippen LogP contribution in [0.5, 0.6) is 0 Å². The monoisotopic (exact) mass is 267 g/mol. The van der Waals surface area contributed by atoms with Crippen molar-refractivity contribution in [3.63, 3.8) is 0 Å². The van der Waals surface area contributed by atoms with Crippen LogP contribution in [-0.4, -0.2) is 16.5 Å². The van der Waals surface area contributed by atoms with Gasteiger partial charge in [-0.2, -0.15) is 0 Å². The van der Waals surface area contributed by atoms with Crippen LogP contribution in [0.2, 0.25) is 5.15 Å². The molecule has 3 nitrogen and oxygen atoms in total. The minimum Gasteiger partial charge on any atom is -0.369 e. The Kier molecular flexibility index (Phi) is 4.44. The van der Waals surface area contributed by atoms with E-state index < -0.39 is 0 Å². The first-order valence-corrected chi connectivity index (χ1v) is 7.18. The van der Waals surface area contributed by atoms with Crippen molar-refractivity contribution in [1.82, 2.24) is 9.97 Å². The zero-order chi connectivity index (χ0) is 13.1. The van der Waals surface area contributed by atoms with E-state index in [9.17, 15) is 0 Å². The quantitative estimate of drug-likeness (QED) is 0.842. The summed E-state index contributed by atoms with van der Waals surface area (Å²) in [6.07, 6.45) is 5.39. The van der Waals surface area contributed by atoms with E-state index in [-0.39, 0.29) is 0 Å². The zero-order valence-electron chi connectivity index (χ0n) is 11.5. The Bertz CT molecular complexity index is 420. The number of hydrogen-bond donors (Lipinski definition) is 1. The molecule has 1 fully saturated rings. The Morgan fingerprint density at radius 2 is 2.06 bits per heavy atom. The molecule has 1 N–H and O–H groups in total. The van der Waals surface area contributed by atoms with Crippen molar-refractivity contribution in [2.75, 3.05) is 11.9 Å². The van der Waals surface area contributed by atoms with Gasteiger partial charge in [-0.05, 0) is 38.5 Å². The molecule has 0 spiro atoms. The molecule has 1 heterocycles. The molecule has 2 unspecified atom stereocenters. The summed E-state index contributed by atoms with van der Waals surface area (Å²) in [6, 6.07) is 0. The Morgan fingerprint density at radius 1 is 1.28 bits per heavy atom. The van der Waals surface area contributed by atoms with E-state index >= 15 is 0 Å². The summed E-state index contributed by atoms with van der Waals surface area (Å²) < 4.78 is 0. The van der Waals surface area contributed by atoms with Crippen LogP contribution in [0.4, 0.5) is 5.82 Å². The van der Waals surface area contributed by atoms with Gasteiger partial charge < -0.3 is 5.32 Å². The van der Waals surface area contributed by atoms with Gasteiger partial charge in [-0.25, -0.2) is 9.97 Å². The third-order valence-electron chi connectivity index (χ3n) is 3.80. The molecule has 1 aromatic rings. The normalized spacial score (nSPS) is 24.0. The van der Waals surface area contributed by atoms with Crippen molar-refractivity contribution in [1.29, 1.82) is 0 Å². The maximum Gasteiger partial charge on any atom is 0.137 e. The molecule has 0 radical (unpaired) electrons. The molecule has 1 saturated carbocycles. The van der Waals surface area contributed by atoms with Gasteiger partial charge in [0.25, 0.3) is 0 Å². The summed E-state index contributed by atoms with van der Waals surface area (Å²) in [6.45, 7) is 7.19. The van der Waals surface area contributed by atoms with Crippen LogP contribution in [0.3, 0.4) is 0 Å². The lowest BCUT2D eigenvalue weighted by Crippen LogP contribution is -2.22. The highest BCUT2D eigenvalue weighted by Crippen LogP contribution is 2.29. The Labute approximate surface area is 114 Å². The molecule has 18 heavy (non-hydrogen) atoms. The second kappa shape index (κ2) is 5.87. The Hall–Kier alpha value is -0.830. The van der Waals surface area contributed by atoms with Gasteiger partial charge in [-0.3, -0.25) is 0 Å². The maximum atomic E-state index is 6.07. The number of rotatable bonds is 3. The minimum absolute atomic E-state index is 0.557. The van der Waals surface area contributed by atoms with Gasteiger partial charge in [0.1, 0.15) is 16.8 Å². The average Bonchev–Trinajstić information content (AvgIpc) is 2.32. The summed E-state index contributed by atoms with van der Waals surface area (Å²) in [4.78, 5) is 8.59. The number of aryl methyl sites for hydroxylation is 1. The van der Waals surface area contributed by atoms with Crippen LogP contribution in [-0.2, 0) is 0 Å². The van der Waals surface area contributed by atoms with Crippen molar-refractivity contribution in [2.24, 2.45) is 11.8 Å². The summed E-state index contributed by atoms with van der Waals surface area (Å²) in [7, 11) is 0. The number of hydrogen-bond acceptors (Lipinski definition) is 3. The van der Waals surface area contributed by atoms with Crippen LogP contribution in [0.25, 0.3) is 0 Å². The van der Waals surface area contributed by atoms with E-state index in [1.54, 1.807) is 0 Å². The van der Waals surface area contributed by atoms with E-state index in [4.69, 9.17) is 11.6 Å². The highest BCUT2D eigenvalue weighted by molar-refractivity contribution is 6.30. The number of nitrogens with zero attached hydrogens (tertiary/aromatic N) is 2. The second-order valence-corrected chi connectivity index (χ2v) is 5.91. The second-order valence-electron chi connectivity index (χ2n) is 5.55. The van der Waals surface area contributed by atoms with E-state index in [0.29, 0.717) is 5.15 Å². The molecule has 2 atom stereocenters. The summed E-state index contributed by atoms with van der Waals surface area (Å²) in [5, 5.41) is 4.01. The topological polar surface area (TPSA) is 37.8 Å². The van der Waals surface area contributed by atoms with E-state index in [2.05, 4.69) is 22.2 Å². The molecule has 2 rings (SSSR count). The molecule has 4 heteroatoms. The van der Waals surface area contributed by atoms with Crippen LogP contribution < -0.4 is 5.32 Å². The predicted molar refractivity (Wildman–Crippen MR) is 76.1 cm³/mol. The summed E-state index contributed by atoms with van der Waals surface area (Å²) in [5.41, 5.74) is 0.950. The van der Waals surface area contributed by atoms with Gasteiger partial charge in [0.2, 0.25) is 0 Å². The average molecular weight is 268 g/mol. The first-order chi connectivity index (χ1) is 8.56. The highest BCUT2D eigenvalue weighted by Gasteiger charge is 2.19. The fourth-order valence-corrected chi connectivity index (χ4v) is 2.96. The van der Waals surface area contributed by atoms with Crippen LogP contribution in [0.15, 0.2) is 0 Å². The minimum atomic E-state index is 0.557. The first kappa shape index (κ1) is 13.6. The van der Waals surface area contributed by atoms with E-state index in [1.807, 2.05) is 13.8 Å². The van der Waals surface area contributed by atoms with Gasteiger partial charge in [0.15, 0.2) is 0 Å². The van der Waals surface area contributed by atoms with Crippen LogP contribution >= 0.6 is 11.6 Å². The van der Waals surface area contributed by atoms with Gasteiger partial charge in [-0.15, -0.1) is 0 Å². The molecular weight excluding hydrogens is 246 g/mol. The molecule has 1 aliphatic carbocycles. The molecule has 0 bridgehead atoms. The predicted octanol–water partition coefficient (Wildman–Crippen LogP) is 3.99. The number of halogens is 1. The summed E-state index contributed by atoms with van der Waals surface area (Å²) >= 11 is 6.07.